The van der Waals surface area contributed by atoms with Crippen LogP contribution in [0.2, 0.25) is 5.28 Å². The monoisotopic (exact) mass is 199 g/mol. The van der Waals surface area contributed by atoms with Gasteiger partial charge < -0.3 is 10.3 Å². The quantitative estimate of drug-likeness (QED) is 0.784. The fraction of sp³-hybridized carbons (Fsp3) is 0.667. The minimum Gasteiger partial charge on any atom is -0.330 e. The predicted molar refractivity (Wildman–Crippen MR) is 52.7 cm³/mol. The van der Waals surface area contributed by atoms with Crippen LogP contribution in [0.25, 0.3) is 0 Å². The Kier molecular flexibility index (Phi) is 2.56. The molecule has 0 radical (unpaired) electrons. The van der Waals surface area contributed by atoms with Crippen LogP contribution in [-0.2, 0) is 13.0 Å². The Hall–Kier alpha value is -0.540. The van der Waals surface area contributed by atoms with E-state index in [0.717, 1.165) is 25.9 Å². The minimum absolute atomic E-state index is 0.622. The van der Waals surface area contributed by atoms with E-state index in [0.29, 0.717) is 11.2 Å². The van der Waals surface area contributed by atoms with Crippen molar-refractivity contribution in [1.82, 2.24) is 9.55 Å². The molecule has 2 heterocycles. The third-order valence-corrected chi connectivity index (χ3v) is 3.02. The van der Waals surface area contributed by atoms with Crippen LogP contribution in [0.3, 0.4) is 0 Å². The van der Waals surface area contributed by atoms with Gasteiger partial charge in [0.1, 0.15) is 0 Å². The van der Waals surface area contributed by atoms with Gasteiger partial charge in [0.15, 0.2) is 0 Å². The molecule has 72 valence electrons. The number of hydrogen-bond donors (Lipinski definition) is 1. The lowest BCUT2D eigenvalue weighted by atomic mass is 9.95. The molecule has 1 atom stereocenters. The van der Waals surface area contributed by atoms with Crippen molar-refractivity contribution in [2.24, 2.45) is 11.7 Å². The maximum atomic E-state index is 5.94. The summed E-state index contributed by atoms with van der Waals surface area (Å²) in [6.45, 7) is 1.76. The Balaban J connectivity index is 2.13. The average Bonchev–Trinajstić information content (AvgIpc) is 2.49. The normalized spacial score (nSPS) is 21.5. The third-order valence-electron chi connectivity index (χ3n) is 2.71. The van der Waals surface area contributed by atoms with E-state index in [1.54, 1.807) is 0 Å². The first-order chi connectivity index (χ1) is 6.31. The van der Waals surface area contributed by atoms with E-state index in [2.05, 4.69) is 9.55 Å². The minimum atomic E-state index is 0.622. The highest BCUT2D eigenvalue weighted by Crippen LogP contribution is 2.25. The Morgan fingerprint density at radius 3 is 3.31 bits per heavy atom. The summed E-state index contributed by atoms with van der Waals surface area (Å²) in [5.74, 6) is 0.684. The van der Waals surface area contributed by atoms with Gasteiger partial charge in [-0.15, -0.1) is 0 Å². The van der Waals surface area contributed by atoms with E-state index in [1.807, 2.05) is 6.20 Å². The van der Waals surface area contributed by atoms with Gasteiger partial charge in [0.05, 0.1) is 0 Å². The molecule has 13 heavy (non-hydrogen) atoms. The fourth-order valence-electron chi connectivity index (χ4n) is 1.95. The van der Waals surface area contributed by atoms with Gasteiger partial charge in [0.25, 0.3) is 0 Å². The number of halogens is 1. The molecule has 0 aliphatic carbocycles. The molecule has 0 aromatic carbocycles. The molecule has 0 amide bonds. The first-order valence-corrected chi connectivity index (χ1v) is 5.09. The summed E-state index contributed by atoms with van der Waals surface area (Å²) in [5.41, 5.74) is 6.80. The van der Waals surface area contributed by atoms with Crippen LogP contribution in [0.5, 0.6) is 0 Å². The number of rotatable bonds is 2. The van der Waals surface area contributed by atoms with Gasteiger partial charge in [-0.05, 0) is 43.3 Å². The van der Waals surface area contributed by atoms with E-state index in [4.69, 9.17) is 17.3 Å². The Morgan fingerprint density at radius 1 is 1.69 bits per heavy atom. The molecule has 0 saturated heterocycles. The number of aromatic nitrogens is 2. The second-order valence-corrected chi connectivity index (χ2v) is 3.95. The number of hydrogen-bond acceptors (Lipinski definition) is 2. The second-order valence-electron chi connectivity index (χ2n) is 3.61. The van der Waals surface area contributed by atoms with Crippen molar-refractivity contribution in [3.63, 3.8) is 0 Å². The van der Waals surface area contributed by atoms with Crippen LogP contribution >= 0.6 is 11.6 Å². The summed E-state index contributed by atoms with van der Waals surface area (Å²) in [6, 6.07) is 0. The van der Waals surface area contributed by atoms with Crippen molar-refractivity contribution >= 4 is 11.6 Å². The van der Waals surface area contributed by atoms with Crippen molar-refractivity contribution in [2.75, 3.05) is 6.54 Å². The molecule has 0 bridgehead atoms. The van der Waals surface area contributed by atoms with Crippen LogP contribution in [0, 0.1) is 5.92 Å². The SMILES string of the molecule is NCCC1CCc2cnc(Cl)n2C1. The van der Waals surface area contributed by atoms with Crippen molar-refractivity contribution in [2.45, 2.75) is 25.8 Å². The maximum absolute atomic E-state index is 5.94. The van der Waals surface area contributed by atoms with Gasteiger partial charge in [-0.2, -0.15) is 0 Å². The molecular weight excluding hydrogens is 186 g/mol. The molecule has 1 aromatic rings. The van der Waals surface area contributed by atoms with E-state index < -0.39 is 0 Å². The zero-order valence-corrected chi connectivity index (χ0v) is 8.30. The van der Waals surface area contributed by atoms with Gasteiger partial charge >= 0.3 is 0 Å². The number of nitrogens with zero attached hydrogens (tertiary/aromatic N) is 2. The summed E-state index contributed by atoms with van der Waals surface area (Å²) < 4.78 is 2.10. The Labute approximate surface area is 82.9 Å². The van der Waals surface area contributed by atoms with Gasteiger partial charge in [0.2, 0.25) is 5.28 Å². The largest absolute Gasteiger partial charge is 0.330 e. The van der Waals surface area contributed by atoms with Crippen molar-refractivity contribution in [1.29, 1.82) is 0 Å². The summed E-state index contributed by atoms with van der Waals surface area (Å²) >= 11 is 5.94. The summed E-state index contributed by atoms with van der Waals surface area (Å²) in [5, 5.41) is 0.622. The lowest BCUT2D eigenvalue weighted by molar-refractivity contribution is 0.353. The molecule has 2 rings (SSSR count). The highest BCUT2D eigenvalue weighted by molar-refractivity contribution is 6.28. The molecule has 0 fully saturated rings. The maximum Gasteiger partial charge on any atom is 0.202 e. The molecule has 1 unspecified atom stereocenters. The van der Waals surface area contributed by atoms with Crippen molar-refractivity contribution < 1.29 is 0 Å². The van der Waals surface area contributed by atoms with Crippen LogP contribution in [0.4, 0.5) is 0 Å². The predicted octanol–water partition coefficient (Wildman–Crippen LogP) is 1.45. The zero-order valence-electron chi connectivity index (χ0n) is 7.54. The number of imidazole rings is 1. The summed E-state index contributed by atoms with van der Waals surface area (Å²) in [4.78, 5) is 4.09. The molecule has 1 aliphatic rings. The van der Waals surface area contributed by atoms with Crippen LogP contribution in [0.1, 0.15) is 18.5 Å². The van der Waals surface area contributed by atoms with Gasteiger partial charge in [-0.25, -0.2) is 4.98 Å². The Morgan fingerprint density at radius 2 is 2.54 bits per heavy atom. The first kappa shape index (κ1) is 9.03. The number of nitrogens with two attached hydrogens (primary N) is 1. The zero-order chi connectivity index (χ0) is 9.26. The molecule has 0 spiro atoms. The molecule has 2 N–H and O–H groups in total. The molecule has 0 saturated carbocycles. The highest BCUT2D eigenvalue weighted by atomic mass is 35.5. The van der Waals surface area contributed by atoms with Gasteiger partial charge in [-0.1, -0.05) is 0 Å². The summed E-state index contributed by atoms with van der Waals surface area (Å²) in [7, 11) is 0. The fourth-order valence-corrected chi connectivity index (χ4v) is 2.18. The molecule has 1 aliphatic heterocycles. The van der Waals surface area contributed by atoms with Crippen LogP contribution in [0.15, 0.2) is 6.20 Å². The van der Waals surface area contributed by atoms with E-state index in [9.17, 15) is 0 Å². The first-order valence-electron chi connectivity index (χ1n) is 4.71. The lowest BCUT2D eigenvalue weighted by Gasteiger charge is -2.23. The molecule has 1 aromatic heterocycles. The molecule has 3 nitrogen and oxygen atoms in total. The standard InChI is InChI=1S/C9H14ClN3/c10-9-12-5-8-2-1-7(3-4-11)6-13(8)9/h5,7H,1-4,6,11H2. The van der Waals surface area contributed by atoms with Crippen molar-refractivity contribution in [3.8, 4) is 0 Å². The molecule has 4 heteroatoms. The van der Waals surface area contributed by atoms with Crippen LogP contribution < -0.4 is 5.73 Å². The second kappa shape index (κ2) is 3.68. The Bertz CT molecular complexity index is 295. The lowest BCUT2D eigenvalue weighted by Crippen LogP contribution is -2.22. The van der Waals surface area contributed by atoms with E-state index in [1.165, 1.54) is 12.1 Å². The van der Waals surface area contributed by atoms with Gasteiger partial charge in [-0.3, -0.25) is 0 Å². The van der Waals surface area contributed by atoms with E-state index in [-0.39, 0.29) is 0 Å². The number of aryl methyl sites for hydroxylation is 1. The van der Waals surface area contributed by atoms with Gasteiger partial charge in [0, 0.05) is 18.4 Å². The summed E-state index contributed by atoms with van der Waals surface area (Å²) in [6.07, 6.45) is 5.28. The third kappa shape index (κ3) is 1.71. The van der Waals surface area contributed by atoms with Crippen LogP contribution in [-0.4, -0.2) is 16.1 Å². The van der Waals surface area contributed by atoms with Crippen molar-refractivity contribution in [3.05, 3.63) is 17.2 Å². The van der Waals surface area contributed by atoms with E-state index >= 15 is 0 Å². The number of fused-ring (bicyclic) bond motifs is 1. The highest BCUT2D eigenvalue weighted by Gasteiger charge is 2.19. The smallest absolute Gasteiger partial charge is 0.202 e. The average molecular weight is 200 g/mol. The molecular formula is C9H14ClN3. The topological polar surface area (TPSA) is 43.8 Å².